The van der Waals surface area contributed by atoms with Crippen LogP contribution in [0.3, 0.4) is 0 Å². The number of allylic oxidation sites excluding steroid dienone is 1. The van der Waals surface area contributed by atoms with Crippen molar-refractivity contribution in [1.29, 1.82) is 0 Å². The summed E-state index contributed by atoms with van der Waals surface area (Å²) in [7, 11) is 0. The van der Waals surface area contributed by atoms with Crippen molar-refractivity contribution in [2.24, 2.45) is 0 Å². The van der Waals surface area contributed by atoms with Gasteiger partial charge in [0.2, 0.25) is 0 Å². The number of halogens is 1. The normalized spacial score (nSPS) is 15.5. The van der Waals surface area contributed by atoms with Crippen LogP contribution >= 0.6 is 12.4 Å². The number of aliphatic hydroxyl groups is 1. The standard InChI is InChI=1S/C19H24N4O3.ClH/c20-16-17(19(26)18(16)25)22-11-15(24)5-4-14-10-13(6-7-21-14)12-23-8-2-1-3-9-23;/h5-7,10,22,24H,1-4,8-9,11-12,20H2;1H/b15-5-;. The van der Waals surface area contributed by atoms with E-state index in [0.29, 0.717) is 6.42 Å². The summed E-state index contributed by atoms with van der Waals surface area (Å²) >= 11 is 0. The molecule has 1 aliphatic heterocycles. The minimum atomic E-state index is -0.675. The van der Waals surface area contributed by atoms with Gasteiger partial charge in [-0.25, -0.2) is 0 Å². The molecule has 1 aliphatic rings. The monoisotopic (exact) mass is 392 g/mol. The molecule has 2 heterocycles. The molecule has 0 aliphatic carbocycles. The summed E-state index contributed by atoms with van der Waals surface area (Å²) in [5.74, 6) is 0.0701. The van der Waals surface area contributed by atoms with Gasteiger partial charge in [0.25, 0.3) is 10.9 Å². The van der Waals surface area contributed by atoms with Crippen molar-refractivity contribution in [2.75, 3.05) is 30.7 Å². The number of nitrogens with two attached hydrogens (primary N) is 1. The lowest BCUT2D eigenvalue weighted by molar-refractivity contribution is 0.221. The van der Waals surface area contributed by atoms with Gasteiger partial charge in [0.05, 0.1) is 6.54 Å². The van der Waals surface area contributed by atoms with Crippen LogP contribution in [0.5, 0.6) is 0 Å². The summed E-state index contributed by atoms with van der Waals surface area (Å²) in [4.78, 5) is 29.1. The molecule has 0 spiro atoms. The first-order valence-electron chi connectivity index (χ1n) is 8.91. The Kier molecular flexibility index (Phi) is 7.38. The highest BCUT2D eigenvalue weighted by Gasteiger charge is 2.17. The quantitative estimate of drug-likeness (QED) is 0.486. The van der Waals surface area contributed by atoms with E-state index in [1.165, 1.54) is 24.8 Å². The lowest BCUT2D eigenvalue weighted by Gasteiger charge is -2.26. The Morgan fingerprint density at radius 3 is 2.70 bits per heavy atom. The van der Waals surface area contributed by atoms with Crippen molar-refractivity contribution in [3.63, 3.8) is 0 Å². The van der Waals surface area contributed by atoms with E-state index < -0.39 is 10.9 Å². The third kappa shape index (κ3) is 5.30. The van der Waals surface area contributed by atoms with E-state index in [4.69, 9.17) is 5.73 Å². The average molecular weight is 393 g/mol. The van der Waals surface area contributed by atoms with E-state index in [0.717, 1.165) is 25.3 Å². The van der Waals surface area contributed by atoms with Gasteiger partial charge in [-0.3, -0.25) is 19.5 Å². The molecule has 2 aromatic rings. The van der Waals surface area contributed by atoms with Gasteiger partial charge in [0, 0.05) is 24.9 Å². The average Bonchev–Trinajstić information content (AvgIpc) is 2.67. The Labute approximate surface area is 164 Å². The number of anilines is 2. The highest BCUT2D eigenvalue weighted by molar-refractivity contribution is 5.85. The molecule has 7 nitrogen and oxygen atoms in total. The highest BCUT2D eigenvalue weighted by Crippen LogP contribution is 2.14. The highest BCUT2D eigenvalue weighted by atomic mass is 35.5. The Balaban J connectivity index is 0.00000261. The Hall–Kier alpha value is -2.38. The van der Waals surface area contributed by atoms with E-state index in [1.807, 2.05) is 6.07 Å². The molecule has 0 radical (unpaired) electrons. The van der Waals surface area contributed by atoms with Gasteiger partial charge in [-0.15, -0.1) is 12.4 Å². The molecule has 1 aromatic heterocycles. The zero-order valence-electron chi connectivity index (χ0n) is 15.1. The van der Waals surface area contributed by atoms with Crippen LogP contribution in [0.15, 0.2) is 39.8 Å². The van der Waals surface area contributed by atoms with Gasteiger partial charge in [0.15, 0.2) is 0 Å². The van der Waals surface area contributed by atoms with Gasteiger partial charge in [0.1, 0.15) is 17.1 Å². The minimum Gasteiger partial charge on any atom is -0.511 e. The molecule has 1 saturated heterocycles. The number of pyridine rings is 1. The van der Waals surface area contributed by atoms with E-state index in [-0.39, 0.29) is 36.1 Å². The van der Waals surface area contributed by atoms with Crippen molar-refractivity contribution in [3.8, 4) is 0 Å². The molecule has 27 heavy (non-hydrogen) atoms. The predicted molar refractivity (Wildman–Crippen MR) is 109 cm³/mol. The van der Waals surface area contributed by atoms with Crippen LogP contribution in [0, 0.1) is 0 Å². The predicted octanol–water partition coefficient (Wildman–Crippen LogP) is 1.76. The van der Waals surface area contributed by atoms with Crippen molar-refractivity contribution < 1.29 is 5.11 Å². The molecule has 8 heteroatoms. The number of likely N-dealkylation sites (tertiary alicyclic amines) is 1. The van der Waals surface area contributed by atoms with Crippen LogP contribution in [-0.4, -0.2) is 34.6 Å². The molecule has 146 valence electrons. The van der Waals surface area contributed by atoms with E-state index in [9.17, 15) is 14.7 Å². The first-order valence-corrected chi connectivity index (χ1v) is 8.91. The van der Waals surface area contributed by atoms with Crippen molar-refractivity contribution in [1.82, 2.24) is 9.88 Å². The van der Waals surface area contributed by atoms with E-state index >= 15 is 0 Å². The summed E-state index contributed by atoms with van der Waals surface area (Å²) in [6.07, 6.45) is 7.76. The summed E-state index contributed by atoms with van der Waals surface area (Å²) < 4.78 is 0. The third-order valence-corrected chi connectivity index (χ3v) is 4.68. The lowest BCUT2D eigenvalue weighted by atomic mass is 10.1. The Morgan fingerprint density at radius 1 is 1.26 bits per heavy atom. The second kappa shape index (κ2) is 9.53. The van der Waals surface area contributed by atoms with E-state index in [1.54, 1.807) is 12.3 Å². The Morgan fingerprint density at radius 2 is 2.00 bits per heavy atom. The molecule has 0 saturated carbocycles. The maximum atomic E-state index is 11.3. The SMILES string of the molecule is Cl.Nc1c(NC/C(O)=C/Cc2cc(CN3CCCCC3)ccn2)c(=O)c1=O. The third-order valence-electron chi connectivity index (χ3n) is 4.68. The number of hydrogen-bond donors (Lipinski definition) is 3. The zero-order valence-corrected chi connectivity index (χ0v) is 15.9. The number of piperidine rings is 1. The number of hydrogen-bond acceptors (Lipinski definition) is 7. The van der Waals surface area contributed by atoms with Crippen LogP contribution in [0.25, 0.3) is 0 Å². The first-order chi connectivity index (χ1) is 12.5. The molecule has 1 aromatic carbocycles. The van der Waals surface area contributed by atoms with Crippen LogP contribution < -0.4 is 21.9 Å². The second-order valence-electron chi connectivity index (χ2n) is 6.69. The lowest BCUT2D eigenvalue weighted by Crippen LogP contribution is -2.37. The first kappa shape index (κ1) is 20.9. The number of rotatable bonds is 7. The van der Waals surface area contributed by atoms with Crippen molar-refractivity contribution in [3.05, 3.63) is 61.9 Å². The van der Waals surface area contributed by atoms with Gasteiger partial charge < -0.3 is 16.2 Å². The van der Waals surface area contributed by atoms with Gasteiger partial charge in [-0.1, -0.05) is 6.42 Å². The molecule has 0 atom stereocenters. The fraction of sp³-hybridized carbons (Fsp3) is 0.421. The van der Waals surface area contributed by atoms with Crippen LogP contribution in [0.2, 0.25) is 0 Å². The summed E-state index contributed by atoms with van der Waals surface area (Å²) in [5, 5.41) is 12.6. The van der Waals surface area contributed by atoms with Crippen LogP contribution in [0.1, 0.15) is 30.5 Å². The number of nitrogens with zero attached hydrogens (tertiary/aromatic N) is 2. The van der Waals surface area contributed by atoms with Crippen LogP contribution in [-0.2, 0) is 13.0 Å². The summed E-state index contributed by atoms with van der Waals surface area (Å²) in [6.45, 7) is 3.26. The summed E-state index contributed by atoms with van der Waals surface area (Å²) in [5.41, 5.74) is 6.22. The van der Waals surface area contributed by atoms with Crippen LogP contribution in [0.4, 0.5) is 11.4 Å². The van der Waals surface area contributed by atoms with Crippen molar-refractivity contribution in [2.45, 2.75) is 32.2 Å². The molecule has 4 N–H and O–H groups in total. The summed E-state index contributed by atoms with van der Waals surface area (Å²) in [6, 6.07) is 4.08. The number of nitrogens with one attached hydrogen (secondary N) is 1. The maximum absolute atomic E-state index is 11.3. The zero-order chi connectivity index (χ0) is 18.5. The largest absolute Gasteiger partial charge is 0.511 e. The van der Waals surface area contributed by atoms with E-state index in [2.05, 4.69) is 21.3 Å². The fourth-order valence-electron chi connectivity index (χ4n) is 3.17. The number of nitrogen functional groups attached to an aromatic ring is 1. The molecule has 3 rings (SSSR count). The smallest absolute Gasteiger partial charge is 0.253 e. The maximum Gasteiger partial charge on any atom is 0.253 e. The minimum absolute atomic E-state index is 0. The van der Waals surface area contributed by atoms with Crippen molar-refractivity contribution >= 4 is 23.8 Å². The van der Waals surface area contributed by atoms with Gasteiger partial charge >= 0.3 is 0 Å². The molecule has 1 fully saturated rings. The molecular weight excluding hydrogens is 368 g/mol. The molecular formula is C19H25ClN4O3. The fourth-order valence-corrected chi connectivity index (χ4v) is 3.17. The Bertz CT molecular complexity index is 868. The number of aromatic nitrogens is 1. The molecule has 0 bridgehead atoms. The van der Waals surface area contributed by atoms with Gasteiger partial charge in [-0.05, 0) is 49.7 Å². The second-order valence-corrected chi connectivity index (χ2v) is 6.69. The number of aliphatic hydroxyl groups excluding tert-OH is 1. The molecule has 0 amide bonds. The molecule has 0 unspecified atom stereocenters. The topological polar surface area (TPSA) is 109 Å². The van der Waals surface area contributed by atoms with Gasteiger partial charge in [-0.2, -0.15) is 0 Å².